The number of amides is 1. The molecule has 1 aliphatic rings. The Morgan fingerprint density at radius 2 is 1.94 bits per heavy atom. The van der Waals surface area contributed by atoms with E-state index in [0.29, 0.717) is 18.6 Å². The number of fused-ring (bicyclic) bond motifs is 2. The van der Waals surface area contributed by atoms with Gasteiger partial charge >= 0.3 is 6.09 Å². The maximum Gasteiger partial charge on any atom is 0.410 e. The third-order valence-corrected chi connectivity index (χ3v) is 7.36. The van der Waals surface area contributed by atoms with Crippen molar-refractivity contribution in [1.82, 2.24) is 29.3 Å². The van der Waals surface area contributed by atoms with Gasteiger partial charge in [0, 0.05) is 43.8 Å². The number of nitrogens with zero attached hydrogens (tertiary/aromatic N) is 6. The average Bonchev–Trinajstić information content (AvgIpc) is 3.56. The maximum atomic E-state index is 14.5. The molecule has 3 aromatic heterocycles. The highest BCUT2D eigenvalue weighted by atomic mass is 32.1. The molecular weight excluding hydrogens is 467 g/mol. The van der Waals surface area contributed by atoms with Crippen LogP contribution in [0.4, 0.5) is 9.18 Å². The molecule has 0 unspecified atom stereocenters. The van der Waals surface area contributed by atoms with E-state index in [4.69, 9.17) is 9.72 Å². The van der Waals surface area contributed by atoms with Crippen LogP contribution < -0.4 is 0 Å². The van der Waals surface area contributed by atoms with Crippen molar-refractivity contribution in [3.63, 3.8) is 0 Å². The first kappa shape index (κ1) is 21.7. The zero-order valence-electron chi connectivity index (χ0n) is 19.1. The summed E-state index contributed by atoms with van der Waals surface area (Å²) in [4.78, 5) is 20.6. The second kappa shape index (κ2) is 8.77. The first-order chi connectivity index (χ1) is 17.0. The van der Waals surface area contributed by atoms with Gasteiger partial charge in [-0.3, -0.25) is 4.68 Å². The van der Waals surface area contributed by atoms with E-state index in [9.17, 15) is 9.18 Å². The molecule has 1 amide bonds. The Hall–Kier alpha value is -3.79. The number of piperidine rings is 1. The van der Waals surface area contributed by atoms with Crippen molar-refractivity contribution in [3.8, 4) is 10.4 Å². The zero-order chi connectivity index (χ0) is 23.9. The fourth-order valence-corrected chi connectivity index (χ4v) is 5.42. The number of aromatic nitrogens is 5. The van der Waals surface area contributed by atoms with Crippen LogP contribution in [0.3, 0.4) is 0 Å². The molecule has 0 aliphatic carbocycles. The molecule has 0 spiro atoms. The van der Waals surface area contributed by atoms with Crippen LogP contribution in [0.2, 0.25) is 0 Å². The van der Waals surface area contributed by atoms with Gasteiger partial charge in [0.05, 0.1) is 4.88 Å². The van der Waals surface area contributed by atoms with Crippen molar-refractivity contribution in [2.24, 2.45) is 7.05 Å². The molecule has 6 rings (SSSR count). The first-order valence-electron chi connectivity index (χ1n) is 11.5. The van der Waals surface area contributed by atoms with Crippen LogP contribution in [-0.4, -0.2) is 48.5 Å². The second-order valence-corrected chi connectivity index (χ2v) is 9.80. The van der Waals surface area contributed by atoms with E-state index < -0.39 is 0 Å². The molecule has 0 radical (unpaired) electrons. The smallest absolute Gasteiger partial charge is 0.410 e. The highest BCUT2D eigenvalue weighted by Crippen LogP contribution is 2.33. The average molecular weight is 491 g/mol. The number of ether oxygens (including phenoxy) is 1. The molecule has 1 saturated heterocycles. The van der Waals surface area contributed by atoms with E-state index in [-0.39, 0.29) is 24.4 Å². The largest absolute Gasteiger partial charge is 0.445 e. The number of likely N-dealkylation sites (tertiary alicyclic amines) is 1. The SMILES string of the molecule is Cn1cc2cc(-c3cn4nc(C5CCN(C(=O)OCc6ccccc6)CC5)nc4s3)cc(F)c2n1. The number of rotatable bonds is 4. The Morgan fingerprint density at radius 1 is 1.14 bits per heavy atom. The molecule has 178 valence electrons. The minimum atomic E-state index is -0.341. The van der Waals surface area contributed by atoms with Crippen LogP contribution >= 0.6 is 11.3 Å². The molecule has 10 heteroatoms. The summed E-state index contributed by atoms with van der Waals surface area (Å²) in [6.45, 7) is 1.50. The predicted molar refractivity (Wildman–Crippen MR) is 131 cm³/mol. The van der Waals surface area contributed by atoms with E-state index in [1.165, 1.54) is 17.4 Å². The Kier molecular flexibility index (Phi) is 5.44. The van der Waals surface area contributed by atoms with Gasteiger partial charge in [-0.1, -0.05) is 41.7 Å². The summed E-state index contributed by atoms with van der Waals surface area (Å²) >= 11 is 1.48. The van der Waals surface area contributed by atoms with Crippen LogP contribution in [0.1, 0.15) is 30.1 Å². The summed E-state index contributed by atoms with van der Waals surface area (Å²) in [5.74, 6) is 0.633. The predicted octanol–water partition coefficient (Wildman–Crippen LogP) is 5.00. The number of benzene rings is 2. The number of aryl methyl sites for hydroxylation is 1. The topological polar surface area (TPSA) is 77.5 Å². The van der Waals surface area contributed by atoms with Gasteiger partial charge in [-0.25, -0.2) is 18.7 Å². The van der Waals surface area contributed by atoms with Crippen LogP contribution in [0.15, 0.2) is 54.9 Å². The van der Waals surface area contributed by atoms with Gasteiger partial charge in [-0.2, -0.15) is 10.2 Å². The highest BCUT2D eigenvalue weighted by Gasteiger charge is 2.27. The number of carbonyl (C=O) groups is 1. The molecule has 4 heterocycles. The summed E-state index contributed by atoms with van der Waals surface area (Å²) < 4.78 is 23.3. The molecule has 0 atom stereocenters. The van der Waals surface area contributed by atoms with Gasteiger partial charge in [0.25, 0.3) is 0 Å². The third-order valence-electron chi connectivity index (χ3n) is 6.34. The van der Waals surface area contributed by atoms with Gasteiger partial charge in [0.1, 0.15) is 12.1 Å². The van der Waals surface area contributed by atoms with Crippen molar-refractivity contribution < 1.29 is 13.9 Å². The Labute approximate surface area is 204 Å². The van der Waals surface area contributed by atoms with Crippen molar-refractivity contribution in [2.75, 3.05) is 13.1 Å². The number of halogens is 1. The van der Waals surface area contributed by atoms with Crippen molar-refractivity contribution >= 4 is 33.3 Å². The molecule has 1 fully saturated rings. The number of hydrogen-bond donors (Lipinski definition) is 0. The third kappa shape index (κ3) is 4.25. The quantitative estimate of drug-likeness (QED) is 0.354. The van der Waals surface area contributed by atoms with Gasteiger partial charge in [-0.05, 0) is 36.1 Å². The first-order valence-corrected chi connectivity index (χ1v) is 12.3. The number of thiazole rings is 1. The summed E-state index contributed by atoms with van der Waals surface area (Å²) in [7, 11) is 1.78. The van der Waals surface area contributed by atoms with Crippen molar-refractivity contribution in [1.29, 1.82) is 0 Å². The Bertz CT molecular complexity index is 1490. The van der Waals surface area contributed by atoms with E-state index in [1.807, 2.05) is 42.6 Å². The summed E-state index contributed by atoms with van der Waals surface area (Å²) in [5, 5.41) is 9.62. The normalized spacial score (nSPS) is 14.7. The fraction of sp³-hybridized carbons (Fsp3) is 0.280. The minimum absolute atomic E-state index is 0.188. The second-order valence-electron chi connectivity index (χ2n) is 8.79. The van der Waals surface area contributed by atoms with Gasteiger partial charge in [0.15, 0.2) is 11.6 Å². The van der Waals surface area contributed by atoms with E-state index in [0.717, 1.165) is 45.0 Å². The number of hydrogen-bond acceptors (Lipinski definition) is 6. The standard InChI is InChI=1S/C25H23FN6O2S/c1-30-13-19-11-18(12-20(26)22(19)28-30)21-14-32-24(35-21)27-23(29-32)17-7-9-31(10-8-17)25(33)34-15-16-5-3-2-4-6-16/h2-6,11-14,17H,7-10,15H2,1H3. The van der Waals surface area contributed by atoms with Crippen LogP contribution in [0.25, 0.3) is 26.3 Å². The van der Waals surface area contributed by atoms with Crippen molar-refractivity contribution in [2.45, 2.75) is 25.4 Å². The summed E-state index contributed by atoms with van der Waals surface area (Å²) in [6, 6.07) is 13.1. The number of carbonyl (C=O) groups excluding carboxylic acids is 1. The highest BCUT2D eigenvalue weighted by molar-refractivity contribution is 7.20. The molecule has 0 N–H and O–H groups in total. The maximum absolute atomic E-state index is 14.5. The van der Waals surface area contributed by atoms with E-state index in [1.54, 1.807) is 27.3 Å². The van der Waals surface area contributed by atoms with Gasteiger partial charge < -0.3 is 9.64 Å². The van der Waals surface area contributed by atoms with Crippen LogP contribution in [0.5, 0.6) is 0 Å². The van der Waals surface area contributed by atoms with E-state index in [2.05, 4.69) is 10.2 Å². The van der Waals surface area contributed by atoms with Crippen LogP contribution in [-0.2, 0) is 18.4 Å². The molecule has 2 aromatic carbocycles. The Morgan fingerprint density at radius 3 is 2.71 bits per heavy atom. The van der Waals surface area contributed by atoms with Crippen molar-refractivity contribution in [3.05, 3.63) is 72.1 Å². The van der Waals surface area contributed by atoms with Crippen LogP contribution in [0, 0.1) is 5.82 Å². The summed E-state index contributed by atoms with van der Waals surface area (Å²) in [5.41, 5.74) is 2.12. The lowest BCUT2D eigenvalue weighted by molar-refractivity contribution is 0.0866. The van der Waals surface area contributed by atoms with Gasteiger partial charge in [0.2, 0.25) is 4.96 Å². The zero-order valence-corrected chi connectivity index (χ0v) is 19.9. The molecule has 8 nitrogen and oxygen atoms in total. The lowest BCUT2D eigenvalue weighted by Gasteiger charge is -2.30. The Balaban J connectivity index is 1.11. The lowest BCUT2D eigenvalue weighted by Crippen LogP contribution is -2.38. The monoisotopic (exact) mass is 490 g/mol. The fourth-order valence-electron chi connectivity index (χ4n) is 4.51. The molecular formula is C25H23FN6O2S. The molecule has 5 aromatic rings. The van der Waals surface area contributed by atoms with E-state index >= 15 is 0 Å². The molecule has 35 heavy (non-hydrogen) atoms. The van der Waals surface area contributed by atoms with Gasteiger partial charge in [-0.15, -0.1) is 0 Å². The summed E-state index contributed by atoms with van der Waals surface area (Å²) in [6.07, 6.45) is 4.99. The molecule has 0 bridgehead atoms. The molecule has 1 aliphatic heterocycles. The minimum Gasteiger partial charge on any atom is -0.445 e. The lowest BCUT2D eigenvalue weighted by atomic mass is 9.96. The molecule has 0 saturated carbocycles.